The van der Waals surface area contributed by atoms with Gasteiger partial charge in [0.05, 0.1) is 31.7 Å². The van der Waals surface area contributed by atoms with Gasteiger partial charge in [-0.3, -0.25) is 9.78 Å². The molecule has 7 heteroatoms. The van der Waals surface area contributed by atoms with Gasteiger partial charge in [0, 0.05) is 17.3 Å². The predicted octanol–water partition coefficient (Wildman–Crippen LogP) is 3.40. The molecule has 1 heterocycles. The maximum absolute atomic E-state index is 12.3. The summed E-state index contributed by atoms with van der Waals surface area (Å²) in [6, 6.07) is 17.8. The van der Waals surface area contributed by atoms with Crippen LogP contribution >= 0.6 is 0 Å². The number of hydrazone groups is 1. The molecule has 1 amide bonds. The fraction of sp³-hybridized carbons (Fsp3) is 0.0909. The Labute approximate surface area is 168 Å². The summed E-state index contributed by atoms with van der Waals surface area (Å²) in [5.41, 5.74) is 5.54. The quantitative estimate of drug-likeness (QED) is 0.517. The number of pyridine rings is 1. The number of rotatable bonds is 6. The number of carbonyl (C=O) groups is 1. The van der Waals surface area contributed by atoms with Crippen LogP contribution in [0.4, 0.5) is 0 Å². The molecule has 7 nitrogen and oxygen atoms in total. The number of hydrogen-bond donors (Lipinski definition) is 1. The summed E-state index contributed by atoms with van der Waals surface area (Å²) in [7, 11) is 3.08. The van der Waals surface area contributed by atoms with E-state index in [4.69, 9.17) is 14.7 Å². The van der Waals surface area contributed by atoms with E-state index in [1.807, 2.05) is 36.4 Å². The van der Waals surface area contributed by atoms with Crippen LogP contribution in [0.25, 0.3) is 11.3 Å². The lowest BCUT2D eigenvalue weighted by Crippen LogP contribution is -2.17. The van der Waals surface area contributed by atoms with E-state index in [-0.39, 0.29) is 5.56 Å². The van der Waals surface area contributed by atoms with Crippen molar-refractivity contribution in [1.29, 1.82) is 5.26 Å². The van der Waals surface area contributed by atoms with Crippen LogP contribution in [-0.2, 0) is 0 Å². The van der Waals surface area contributed by atoms with Crippen molar-refractivity contribution in [3.63, 3.8) is 0 Å². The zero-order chi connectivity index (χ0) is 20.6. The second-order valence-electron chi connectivity index (χ2n) is 5.93. The first-order valence-electron chi connectivity index (χ1n) is 8.66. The summed E-state index contributed by atoms with van der Waals surface area (Å²) in [6.45, 7) is 0. The molecule has 1 aromatic heterocycles. The van der Waals surface area contributed by atoms with Gasteiger partial charge in [0.1, 0.15) is 17.6 Å². The summed E-state index contributed by atoms with van der Waals surface area (Å²) < 4.78 is 10.2. The average Bonchev–Trinajstić information content (AvgIpc) is 2.78. The first-order chi connectivity index (χ1) is 14.1. The highest BCUT2D eigenvalue weighted by Gasteiger charge is 2.09. The molecule has 0 aliphatic rings. The standard InChI is InChI=1S/C22H18N4O3/c1-28-19-6-3-16(4-7-19)20-11-15(9-10-24-20)14-25-26-22(27)17-5-8-21(29-2)18(12-17)13-23/h3-12,14H,1-2H3,(H,26,27). The summed E-state index contributed by atoms with van der Waals surface area (Å²) in [4.78, 5) is 16.6. The number of ether oxygens (including phenoxy) is 2. The molecule has 3 rings (SSSR count). The van der Waals surface area contributed by atoms with Gasteiger partial charge < -0.3 is 9.47 Å². The molecule has 0 aliphatic carbocycles. The molecular weight excluding hydrogens is 368 g/mol. The van der Waals surface area contributed by atoms with Crippen LogP contribution in [0.1, 0.15) is 21.5 Å². The van der Waals surface area contributed by atoms with Gasteiger partial charge >= 0.3 is 0 Å². The minimum Gasteiger partial charge on any atom is -0.497 e. The number of nitrogens with zero attached hydrogens (tertiary/aromatic N) is 3. The zero-order valence-corrected chi connectivity index (χ0v) is 15.9. The van der Waals surface area contributed by atoms with E-state index in [1.54, 1.807) is 31.5 Å². The molecule has 0 aliphatic heterocycles. The number of benzene rings is 2. The van der Waals surface area contributed by atoms with Gasteiger partial charge in [0.25, 0.3) is 5.91 Å². The summed E-state index contributed by atoms with van der Waals surface area (Å²) in [5.74, 6) is 0.757. The largest absolute Gasteiger partial charge is 0.497 e. The van der Waals surface area contributed by atoms with Crippen molar-refractivity contribution in [1.82, 2.24) is 10.4 Å². The van der Waals surface area contributed by atoms with Crippen molar-refractivity contribution in [2.75, 3.05) is 14.2 Å². The van der Waals surface area contributed by atoms with E-state index in [0.717, 1.165) is 22.6 Å². The first-order valence-corrected chi connectivity index (χ1v) is 8.66. The number of amides is 1. The van der Waals surface area contributed by atoms with Crippen molar-refractivity contribution in [3.8, 4) is 28.8 Å². The zero-order valence-electron chi connectivity index (χ0n) is 15.9. The highest BCUT2D eigenvalue weighted by Crippen LogP contribution is 2.21. The van der Waals surface area contributed by atoms with Crippen molar-refractivity contribution < 1.29 is 14.3 Å². The maximum atomic E-state index is 12.3. The third kappa shape index (κ3) is 4.76. The molecule has 3 aromatic rings. The van der Waals surface area contributed by atoms with Crippen LogP contribution in [0.15, 0.2) is 65.9 Å². The number of hydrogen-bond acceptors (Lipinski definition) is 6. The molecule has 0 radical (unpaired) electrons. The lowest BCUT2D eigenvalue weighted by Gasteiger charge is -2.05. The van der Waals surface area contributed by atoms with Crippen molar-refractivity contribution in [2.45, 2.75) is 0 Å². The average molecular weight is 386 g/mol. The number of nitrogens with one attached hydrogen (secondary N) is 1. The molecule has 0 bridgehead atoms. The fourth-order valence-electron chi connectivity index (χ4n) is 2.61. The molecule has 0 fully saturated rings. The Morgan fingerprint density at radius 2 is 1.90 bits per heavy atom. The molecule has 0 saturated heterocycles. The fourth-order valence-corrected chi connectivity index (χ4v) is 2.61. The van der Waals surface area contributed by atoms with E-state index in [1.165, 1.54) is 19.4 Å². The second kappa shape index (κ2) is 9.15. The highest BCUT2D eigenvalue weighted by atomic mass is 16.5. The molecule has 144 valence electrons. The van der Waals surface area contributed by atoms with Crippen LogP contribution < -0.4 is 14.9 Å². The van der Waals surface area contributed by atoms with Crippen LogP contribution in [0.2, 0.25) is 0 Å². The lowest BCUT2D eigenvalue weighted by atomic mass is 10.1. The first kappa shape index (κ1) is 19.6. The Morgan fingerprint density at radius 3 is 2.59 bits per heavy atom. The normalized spacial score (nSPS) is 10.4. The number of methoxy groups -OCH3 is 2. The monoisotopic (exact) mass is 386 g/mol. The molecule has 0 saturated carbocycles. The van der Waals surface area contributed by atoms with Gasteiger partial charge in [-0.15, -0.1) is 0 Å². The van der Waals surface area contributed by atoms with Crippen molar-refractivity contribution >= 4 is 12.1 Å². The van der Waals surface area contributed by atoms with Gasteiger partial charge in [-0.1, -0.05) is 0 Å². The minimum atomic E-state index is -0.426. The smallest absolute Gasteiger partial charge is 0.271 e. The van der Waals surface area contributed by atoms with E-state index in [2.05, 4.69) is 15.5 Å². The number of nitriles is 1. The van der Waals surface area contributed by atoms with Crippen LogP contribution in [0, 0.1) is 11.3 Å². The van der Waals surface area contributed by atoms with Crippen molar-refractivity contribution in [2.24, 2.45) is 5.10 Å². The Hall–Kier alpha value is -4.18. The van der Waals surface area contributed by atoms with Crippen LogP contribution in [0.3, 0.4) is 0 Å². The van der Waals surface area contributed by atoms with Crippen molar-refractivity contribution in [3.05, 3.63) is 77.5 Å². The third-order valence-corrected chi connectivity index (χ3v) is 4.13. The van der Waals surface area contributed by atoms with Gasteiger partial charge in [-0.2, -0.15) is 10.4 Å². The van der Waals surface area contributed by atoms with Gasteiger partial charge in [0.2, 0.25) is 0 Å². The Kier molecular flexibility index (Phi) is 6.18. The van der Waals surface area contributed by atoms with Gasteiger partial charge in [-0.05, 0) is 60.2 Å². The Morgan fingerprint density at radius 1 is 1.10 bits per heavy atom. The third-order valence-electron chi connectivity index (χ3n) is 4.13. The van der Waals surface area contributed by atoms with Crippen LogP contribution in [-0.4, -0.2) is 31.3 Å². The summed E-state index contributed by atoms with van der Waals surface area (Å²) >= 11 is 0. The SMILES string of the molecule is COc1ccc(-c2cc(C=NNC(=O)c3ccc(OC)c(C#N)c3)ccn2)cc1. The molecule has 0 unspecified atom stereocenters. The summed E-state index contributed by atoms with van der Waals surface area (Å²) in [6.07, 6.45) is 3.20. The van der Waals surface area contributed by atoms with E-state index in [9.17, 15) is 4.79 Å². The summed E-state index contributed by atoms with van der Waals surface area (Å²) in [5, 5.41) is 13.1. The molecule has 0 spiro atoms. The van der Waals surface area contributed by atoms with Gasteiger partial charge in [0.15, 0.2) is 0 Å². The van der Waals surface area contributed by atoms with E-state index < -0.39 is 5.91 Å². The highest BCUT2D eigenvalue weighted by molar-refractivity contribution is 5.95. The molecule has 0 atom stereocenters. The molecule has 1 N–H and O–H groups in total. The van der Waals surface area contributed by atoms with E-state index >= 15 is 0 Å². The molecular formula is C22H18N4O3. The predicted molar refractivity (Wildman–Crippen MR) is 109 cm³/mol. The van der Waals surface area contributed by atoms with Gasteiger partial charge in [-0.25, -0.2) is 5.43 Å². The Bertz CT molecular complexity index is 1090. The molecule has 29 heavy (non-hydrogen) atoms. The maximum Gasteiger partial charge on any atom is 0.271 e. The number of carbonyl (C=O) groups excluding carboxylic acids is 1. The lowest BCUT2D eigenvalue weighted by molar-refractivity contribution is 0.0955. The topological polar surface area (TPSA) is 96.6 Å². The number of aromatic nitrogens is 1. The van der Waals surface area contributed by atoms with E-state index in [0.29, 0.717) is 11.3 Å². The Balaban J connectivity index is 1.70. The van der Waals surface area contributed by atoms with Crippen LogP contribution in [0.5, 0.6) is 11.5 Å². The molecule has 2 aromatic carbocycles. The second-order valence-corrected chi connectivity index (χ2v) is 5.93. The minimum absolute atomic E-state index is 0.280.